The van der Waals surface area contributed by atoms with E-state index in [2.05, 4.69) is 35.5 Å². The van der Waals surface area contributed by atoms with Crippen molar-refractivity contribution in [1.82, 2.24) is 0 Å². The maximum atomic E-state index is 11.6. The number of cyclic esters (lactones) is 1. The molecule has 3 heteroatoms. The Kier molecular flexibility index (Phi) is 5.31. The lowest BCUT2D eigenvalue weighted by Gasteiger charge is -2.21. The molecule has 1 aliphatic heterocycles. The number of esters is 1. The van der Waals surface area contributed by atoms with Gasteiger partial charge in [0, 0.05) is 37.0 Å². The summed E-state index contributed by atoms with van der Waals surface area (Å²) in [4.78, 5) is 22.9. The minimum Gasteiger partial charge on any atom is -0.449 e. The van der Waals surface area contributed by atoms with Crippen molar-refractivity contribution in [2.24, 2.45) is 17.8 Å². The number of rotatable bonds is 0. The lowest BCUT2D eigenvalue weighted by atomic mass is 9.81. The third-order valence-corrected chi connectivity index (χ3v) is 3.75. The summed E-state index contributed by atoms with van der Waals surface area (Å²) in [6, 6.07) is 0. The molecule has 0 aromatic rings. The van der Waals surface area contributed by atoms with E-state index in [-0.39, 0.29) is 35.9 Å². The van der Waals surface area contributed by atoms with Gasteiger partial charge in [0.2, 0.25) is 0 Å². The van der Waals surface area contributed by atoms with Crippen molar-refractivity contribution in [1.29, 1.82) is 0 Å². The number of ketones is 1. The van der Waals surface area contributed by atoms with Gasteiger partial charge in [-0.25, -0.2) is 0 Å². The highest BCUT2D eigenvalue weighted by atomic mass is 16.5. The van der Waals surface area contributed by atoms with Crippen molar-refractivity contribution in [2.45, 2.75) is 38.2 Å². The highest BCUT2D eigenvalue weighted by molar-refractivity contribution is 5.80. The quantitative estimate of drug-likeness (QED) is 0.503. The number of Topliss-reactive ketones (excluding diaryl/α,β-unsaturated/α-hetero) is 1. The fraction of sp³-hybridized carbons (Fsp3) is 0.474. The topological polar surface area (TPSA) is 43.4 Å². The van der Waals surface area contributed by atoms with Crippen LogP contribution in [-0.4, -0.2) is 17.9 Å². The van der Waals surface area contributed by atoms with E-state index < -0.39 is 6.10 Å². The van der Waals surface area contributed by atoms with Gasteiger partial charge in [0.05, 0.1) is 6.42 Å². The first-order chi connectivity index (χ1) is 10.6. The first-order valence-electron chi connectivity index (χ1n) is 7.25. The Bertz CT molecular complexity index is 606. The van der Waals surface area contributed by atoms with E-state index in [0.717, 1.165) is 6.42 Å². The standard InChI is InChI=1S/C19H16O3/c1-3-14-9-16(11-17(20)10-14)7-5-6-8-18-12-15(4-2)13-19(21)22-18/h1-2,14-16,18H,9-13H2. The Balaban J connectivity index is 1.94. The summed E-state index contributed by atoms with van der Waals surface area (Å²) in [5.74, 6) is 16.0. The molecule has 2 rings (SSSR count). The lowest BCUT2D eigenvalue weighted by Crippen LogP contribution is -2.27. The van der Waals surface area contributed by atoms with Crippen LogP contribution in [0.4, 0.5) is 0 Å². The van der Waals surface area contributed by atoms with Gasteiger partial charge in [-0.05, 0) is 24.2 Å². The first-order valence-corrected chi connectivity index (χ1v) is 7.25. The van der Waals surface area contributed by atoms with E-state index in [1.807, 2.05) is 0 Å². The molecule has 0 aromatic heterocycles. The molecule has 22 heavy (non-hydrogen) atoms. The number of carbonyl (C=O) groups excluding carboxylic acids is 2. The van der Waals surface area contributed by atoms with Gasteiger partial charge < -0.3 is 4.74 Å². The Morgan fingerprint density at radius 2 is 1.50 bits per heavy atom. The molecular weight excluding hydrogens is 276 g/mol. The molecule has 2 fully saturated rings. The van der Waals surface area contributed by atoms with Crippen LogP contribution in [-0.2, 0) is 14.3 Å². The number of ether oxygens (including phenoxy) is 1. The summed E-state index contributed by atoms with van der Waals surface area (Å²) in [5.41, 5.74) is 0. The molecule has 0 bridgehead atoms. The van der Waals surface area contributed by atoms with Gasteiger partial charge in [-0.1, -0.05) is 5.92 Å². The van der Waals surface area contributed by atoms with E-state index in [4.69, 9.17) is 17.6 Å². The summed E-state index contributed by atoms with van der Waals surface area (Å²) in [6.07, 6.45) is 12.6. The maximum absolute atomic E-state index is 11.6. The molecule has 2 aliphatic rings. The van der Waals surface area contributed by atoms with Crippen molar-refractivity contribution in [2.75, 3.05) is 0 Å². The molecule has 4 unspecified atom stereocenters. The molecule has 0 spiro atoms. The molecule has 0 N–H and O–H groups in total. The van der Waals surface area contributed by atoms with E-state index in [1.165, 1.54) is 0 Å². The summed E-state index contributed by atoms with van der Waals surface area (Å²) in [7, 11) is 0. The van der Waals surface area contributed by atoms with Crippen LogP contribution in [0.15, 0.2) is 0 Å². The minimum atomic E-state index is -0.497. The zero-order valence-corrected chi connectivity index (χ0v) is 12.2. The molecule has 0 radical (unpaired) electrons. The fourth-order valence-electron chi connectivity index (χ4n) is 2.65. The molecule has 110 valence electrons. The maximum Gasteiger partial charge on any atom is 0.308 e. The van der Waals surface area contributed by atoms with Crippen LogP contribution in [0.25, 0.3) is 0 Å². The smallest absolute Gasteiger partial charge is 0.308 e. The summed E-state index contributed by atoms with van der Waals surface area (Å²) >= 11 is 0. The van der Waals surface area contributed by atoms with E-state index >= 15 is 0 Å². The normalized spacial score (nSPS) is 30.5. The van der Waals surface area contributed by atoms with Crippen LogP contribution in [0.1, 0.15) is 32.1 Å². The Morgan fingerprint density at radius 1 is 0.864 bits per heavy atom. The van der Waals surface area contributed by atoms with Gasteiger partial charge in [0.1, 0.15) is 5.78 Å². The molecule has 1 heterocycles. The van der Waals surface area contributed by atoms with E-state index in [0.29, 0.717) is 19.3 Å². The zero-order valence-electron chi connectivity index (χ0n) is 12.2. The average molecular weight is 292 g/mol. The molecular formula is C19H16O3. The largest absolute Gasteiger partial charge is 0.449 e. The molecule has 1 saturated carbocycles. The van der Waals surface area contributed by atoms with Gasteiger partial charge in [-0.3, -0.25) is 9.59 Å². The van der Waals surface area contributed by atoms with Gasteiger partial charge >= 0.3 is 5.97 Å². The number of hydrogen-bond donors (Lipinski definition) is 0. The molecule has 4 atom stereocenters. The van der Waals surface area contributed by atoms with Crippen molar-refractivity contribution in [3.05, 3.63) is 0 Å². The number of carbonyl (C=O) groups is 2. The predicted octanol–water partition coefficient (Wildman–Crippen LogP) is 1.57. The Labute approximate surface area is 131 Å². The van der Waals surface area contributed by atoms with Crippen LogP contribution >= 0.6 is 0 Å². The summed E-state index contributed by atoms with van der Waals surface area (Å²) in [6.45, 7) is 0. The zero-order chi connectivity index (χ0) is 15.9. The second kappa shape index (κ2) is 7.41. The highest BCUT2D eigenvalue weighted by Gasteiger charge is 2.26. The van der Waals surface area contributed by atoms with Crippen LogP contribution < -0.4 is 0 Å². The highest BCUT2D eigenvalue weighted by Crippen LogP contribution is 2.25. The van der Waals surface area contributed by atoms with Crippen molar-refractivity contribution < 1.29 is 14.3 Å². The Hall–Kier alpha value is -2.62. The van der Waals surface area contributed by atoms with Crippen LogP contribution in [0.2, 0.25) is 0 Å². The molecule has 0 amide bonds. The number of hydrogen-bond acceptors (Lipinski definition) is 3. The lowest BCUT2D eigenvalue weighted by molar-refractivity contribution is -0.151. The van der Waals surface area contributed by atoms with Crippen molar-refractivity contribution in [3.63, 3.8) is 0 Å². The van der Waals surface area contributed by atoms with Gasteiger partial charge in [0.15, 0.2) is 6.10 Å². The average Bonchev–Trinajstić information content (AvgIpc) is 2.50. The third-order valence-electron chi connectivity index (χ3n) is 3.75. The fourth-order valence-corrected chi connectivity index (χ4v) is 2.65. The monoisotopic (exact) mass is 292 g/mol. The van der Waals surface area contributed by atoms with Crippen LogP contribution in [0, 0.1) is 66.1 Å². The second-order valence-corrected chi connectivity index (χ2v) is 5.56. The second-order valence-electron chi connectivity index (χ2n) is 5.56. The first kappa shape index (κ1) is 15.8. The van der Waals surface area contributed by atoms with Gasteiger partial charge in [0.25, 0.3) is 0 Å². The van der Waals surface area contributed by atoms with E-state index in [1.54, 1.807) is 0 Å². The molecule has 1 saturated heterocycles. The SMILES string of the molecule is C#CC1CC(=O)CC(C#CC#CC2CC(C#C)CC(=O)O2)C1. The van der Waals surface area contributed by atoms with E-state index in [9.17, 15) is 9.59 Å². The van der Waals surface area contributed by atoms with Crippen molar-refractivity contribution >= 4 is 11.8 Å². The predicted molar refractivity (Wildman–Crippen MR) is 81.7 cm³/mol. The molecule has 1 aliphatic carbocycles. The van der Waals surface area contributed by atoms with Crippen LogP contribution in [0.5, 0.6) is 0 Å². The Morgan fingerprint density at radius 3 is 2.23 bits per heavy atom. The molecule has 3 nitrogen and oxygen atoms in total. The van der Waals surface area contributed by atoms with Crippen molar-refractivity contribution in [3.8, 4) is 48.4 Å². The van der Waals surface area contributed by atoms with Gasteiger partial charge in [-0.15, -0.1) is 24.7 Å². The third kappa shape index (κ3) is 4.45. The van der Waals surface area contributed by atoms with Gasteiger partial charge in [-0.2, -0.15) is 0 Å². The summed E-state index contributed by atoms with van der Waals surface area (Å²) < 4.78 is 5.11. The summed E-state index contributed by atoms with van der Waals surface area (Å²) in [5, 5.41) is 0. The van der Waals surface area contributed by atoms with Crippen LogP contribution in [0.3, 0.4) is 0 Å². The number of terminal acetylenes is 2. The minimum absolute atomic E-state index is 0.0239. The molecule has 0 aromatic carbocycles.